The molecule has 4 aromatic carbocycles. The lowest BCUT2D eigenvalue weighted by Gasteiger charge is -2.19. The summed E-state index contributed by atoms with van der Waals surface area (Å²) in [6, 6.07) is 44.5. The number of hydrogen-bond acceptors (Lipinski definition) is 3. The molecule has 2 amide bonds. The molecule has 0 saturated heterocycles. The van der Waals surface area contributed by atoms with Gasteiger partial charge in [0.2, 0.25) is 0 Å². The lowest BCUT2D eigenvalue weighted by molar-refractivity contribution is 0.0948. The maximum absolute atomic E-state index is 13.0. The predicted molar refractivity (Wildman–Crippen MR) is 168 cm³/mol. The molecule has 1 heterocycles. The summed E-state index contributed by atoms with van der Waals surface area (Å²) >= 11 is 0. The van der Waals surface area contributed by atoms with Gasteiger partial charge in [-0.15, -0.1) is 0 Å². The SMILES string of the molecule is O=C(NCCC(c1ccccc1)c1ccccc1)c1ccnc(C(=O)NCCC(c2ccccc2)c2ccccc2)c1. The number of nitrogens with one attached hydrogen (secondary N) is 2. The van der Waals surface area contributed by atoms with Gasteiger partial charge in [-0.3, -0.25) is 14.6 Å². The van der Waals surface area contributed by atoms with Crippen LogP contribution in [0.25, 0.3) is 0 Å². The highest BCUT2D eigenvalue weighted by atomic mass is 16.2. The van der Waals surface area contributed by atoms with Crippen LogP contribution < -0.4 is 10.6 Å². The van der Waals surface area contributed by atoms with Crippen LogP contribution in [0.2, 0.25) is 0 Å². The van der Waals surface area contributed by atoms with Gasteiger partial charge < -0.3 is 10.6 Å². The summed E-state index contributed by atoms with van der Waals surface area (Å²) in [5.41, 5.74) is 5.47. The van der Waals surface area contributed by atoms with E-state index in [4.69, 9.17) is 0 Å². The number of nitrogens with zero attached hydrogens (tertiary/aromatic N) is 1. The maximum atomic E-state index is 13.0. The molecule has 5 nitrogen and oxygen atoms in total. The molecule has 0 atom stereocenters. The predicted octanol–water partition coefficient (Wildman–Crippen LogP) is 6.99. The van der Waals surface area contributed by atoms with Crippen molar-refractivity contribution in [3.63, 3.8) is 0 Å². The summed E-state index contributed by atoms with van der Waals surface area (Å²) in [5.74, 6) is -0.187. The molecule has 2 N–H and O–H groups in total. The minimum absolute atomic E-state index is 0.161. The molecule has 0 bridgehead atoms. The summed E-state index contributed by atoms with van der Waals surface area (Å²) in [6.45, 7) is 0.975. The number of carbonyl (C=O) groups is 2. The maximum Gasteiger partial charge on any atom is 0.269 e. The second-order valence-electron chi connectivity index (χ2n) is 10.3. The van der Waals surface area contributed by atoms with E-state index < -0.39 is 0 Å². The molecule has 0 fully saturated rings. The zero-order valence-electron chi connectivity index (χ0n) is 23.5. The third-order valence-electron chi connectivity index (χ3n) is 7.50. The molecule has 0 saturated carbocycles. The second-order valence-corrected chi connectivity index (χ2v) is 10.3. The van der Waals surface area contributed by atoms with Gasteiger partial charge in [-0.25, -0.2) is 0 Å². The highest BCUT2D eigenvalue weighted by molar-refractivity contribution is 5.98. The van der Waals surface area contributed by atoms with Crippen molar-refractivity contribution in [2.24, 2.45) is 0 Å². The number of benzene rings is 4. The summed E-state index contributed by atoms with van der Waals surface area (Å²) in [4.78, 5) is 30.2. The Morgan fingerprint density at radius 2 is 0.905 bits per heavy atom. The molecule has 5 aromatic rings. The molecule has 0 aliphatic carbocycles. The Bertz CT molecular complexity index is 1360. The average Bonchev–Trinajstić information content (AvgIpc) is 3.06. The molecule has 42 heavy (non-hydrogen) atoms. The van der Waals surface area contributed by atoms with Crippen molar-refractivity contribution in [1.29, 1.82) is 0 Å². The Morgan fingerprint density at radius 3 is 1.31 bits per heavy atom. The molecule has 0 unspecified atom stereocenters. The Balaban J connectivity index is 1.17. The van der Waals surface area contributed by atoms with E-state index in [-0.39, 0.29) is 29.3 Å². The summed E-state index contributed by atoms with van der Waals surface area (Å²) in [7, 11) is 0. The highest BCUT2D eigenvalue weighted by Gasteiger charge is 2.17. The van der Waals surface area contributed by atoms with Crippen LogP contribution in [-0.2, 0) is 0 Å². The highest BCUT2D eigenvalue weighted by Crippen LogP contribution is 2.28. The zero-order chi connectivity index (χ0) is 29.0. The molecular weight excluding hydrogens is 518 g/mol. The fourth-order valence-corrected chi connectivity index (χ4v) is 5.34. The lowest BCUT2D eigenvalue weighted by atomic mass is 9.88. The summed E-state index contributed by atoms with van der Waals surface area (Å²) in [5, 5.41) is 6.03. The van der Waals surface area contributed by atoms with Crippen molar-refractivity contribution in [2.75, 3.05) is 13.1 Å². The molecule has 0 aliphatic rings. The van der Waals surface area contributed by atoms with Crippen LogP contribution in [0.1, 0.15) is 67.8 Å². The van der Waals surface area contributed by atoms with Crippen LogP contribution in [0.5, 0.6) is 0 Å². The van der Waals surface area contributed by atoms with Gasteiger partial charge in [0.1, 0.15) is 5.69 Å². The van der Waals surface area contributed by atoms with Crippen molar-refractivity contribution >= 4 is 11.8 Å². The van der Waals surface area contributed by atoms with E-state index in [1.807, 2.05) is 72.8 Å². The van der Waals surface area contributed by atoms with Gasteiger partial charge in [-0.2, -0.15) is 0 Å². The molecular formula is C37H35N3O2. The number of carbonyl (C=O) groups excluding carboxylic acids is 2. The number of rotatable bonds is 12. The Morgan fingerprint density at radius 1 is 0.524 bits per heavy atom. The number of amides is 2. The topological polar surface area (TPSA) is 71.1 Å². The summed E-state index contributed by atoms with van der Waals surface area (Å²) < 4.78 is 0. The molecule has 0 spiro atoms. The van der Waals surface area contributed by atoms with Gasteiger partial charge in [-0.1, -0.05) is 121 Å². The van der Waals surface area contributed by atoms with E-state index in [0.29, 0.717) is 18.7 Å². The number of pyridine rings is 1. The first-order valence-corrected chi connectivity index (χ1v) is 14.4. The normalized spacial score (nSPS) is 10.9. The van der Waals surface area contributed by atoms with Crippen LogP contribution in [0.3, 0.4) is 0 Å². The Hall–Kier alpha value is -5.03. The first-order valence-electron chi connectivity index (χ1n) is 14.4. The van der Waals surface area contributed by atoms with Crippen molar-refractivity contribution in [3.8, 4) is 0 Å². The van der Waals surface area contributed by atoms with E-state index in [1.165, 1.54) is 28.5 Å². The first kappa shape index (κ1) is 28.5. The third kappa shape index (κ3) is 7.58. The molecule has 0 aliphatic heterocycles. The van der Waals surface area contributed by atoms with Crippen LogP contribution in [0.15, 0.2) is 140 Å². The molecule has 5 rings (SSSR count). The first-order chi connectivity index (χ1) is 20.7. The molecule has 1 aromatic heterocycles. The standard InChI is InChI=1S/C37H35N3O2/c41-36(39-25-22-33(28-13-5-1-6-14-28)29-15-7-2-8-16-29)32-21-24-38-35(27-32)37(42)40-26-23-34(30-17-9-3-10-18-30)31-19-11-4-12-20-31/h1-21,24,27,33-34H,22-23,25-26H2,(H,39,41)(H,40,42). The minimum atomic E-state index is -0.294. The van der Waals surface area contributed by atoms with Crippen LogP contribution in [0.4, 0.5) is 0 Å². The summed E-state index contributed by atoms with van der Waals surface area (Å²) in [6.07, 6.45) is 3.00. The van der Waals surface area contributed by atoms with Crippen molar-refractivity contribution in [2.45, 2.75) is 24.7 Å². The monoisotopic (exact) mass is 553 g/mol. The Labute approximate surface area is 247 Å². The average molecular weight is 554 g/mol. The van der Waals surface area contributed by atoms with E-state index >= 15 is 0 Å². The number of aromatic nitrogens is 1. The fourth-order valence-electron chi connectivity index (χ4n) is 5.34. The fraction of sp³-hybridized carbons (Fsp3) is 0.162. The van der Waals surface area contributed by atoms with E-state index in [2.05, 4.69) is 64.1 Å². The van der Waals surface area contributed by atoms with Gasteiger partial charge in [0.05, 0.1) is 0 Å². The molecule has 210 valence electrons. The van der Waals surface area contributed by atoms with Crippen molar-refractivity contribution < 1.29 is 9.59 Å². The second kappa shape index (κ2) is 14.6. The third-order valence-corrected chi connectivity index (χ3v) is 7.50. The largest absolute Gasteiger partial charge is 0.352 e. The quantitative estimate of drug-likeness (QED) is 0.175. The van der Waals surface area contributed by atoms with Gasteiger partial charge in [0.25, 0.3) is 11.8 Å². The number of hydrogen-bond donors (Lipinski definition) is 2. The van der Waals surface area contributed by atoms with Gasteiger partial charge >= 0.3 is 0 Å². The van der Waals surface area contributed by atoms with Gasteiger partial charge in [-0.05, 0) is 47.2 Å². The molecule has 0 radical (unpaired) electrons. The van der Waals surface area contributed by atoms with E-state index in [0.717, 1.165) is 12.8 Å². The van der Waals surface area contributed by atoms with Gasteiger partial charge in [0, 0.05) is 36.7 Å². The van der Waals surface area contributed by atoms with Crippen LogP contribution in [-0.4, -0.2) is 29.9 Å². The van der Waals surface area contributed by atoms with Crippen LogP contribution >= 0.6 is 0 Å². The van der Waals surface area contributed by atoms with Gasteiger partial charge in [0.15, 0.2) is 0 Å². The smallest absolute Gasteiger partial charge is 0.269 e. The van der Waals surface area contributed by atoms with Crippen molar-refractivity contribution in [3.05, 3.63) is 173 Å². The van der Waals surface area contributed by atoms with E-state index in [1.54, 1.807) is 12.1 Å². The van der Waals surface area contributed by atoms with E-state index in [9.17, 15) is 9.59 Å². The minimum Gasteiger partial charge on any atom is -0.352 e. The Kier molecular flexibility index (Phi) is 9.88. The van der Waals surface area contributed by atoms with Crippen molar-refractivity contribution in [1.82, 2.24) is 15.6 Å². The lowest BCUT2D eigenvalue weighted by Crippen LogP contribution is -2.28. The zero-order valence-corrected chi connectivity index (χ0v) is 23.5. The van der Waals surface area contributed by atoms with Crippen LogP contribution in [0, 0.1) is 0 Å². The molecule has 5 heteroatoms.